The Morgan fingerprint density at radius 2 is 2.17 bits per heavy atom. The molecule has 1 rings (SSSR count). The number of alkyl halides is 3. The van der Waals surface area contributed by atoms with Gasteiger partial charge in [-0.05, 0) is 6.92 Å². The van der Waals surface area contributed by atoms with E-state index in [1.807, 2.05) is 0 Å². The van der Waals surface area contributed by atoms with E-state index in [0.29, 0.717) is 6.54 Å². The number of hydrogen-bond donors (Lipinski definition) is 2. The quantitative estimate of drug-likeness (QED) is 0.614. The van der Waals surface area contributed by atoms with Gasteiger partial charge in [0.2, 0.25) is 0 Å². The van der Waals surface area contributed by atoms with Crippen LogP contribution in [0.15, 0.2) is 4.99 Å². The van der Waals surface area contributed by atoms with Crippen LogP contribution in [0.5, 0.6) is 0 Å². The molecule has 1 saturated heterocycles. The maximum atomic E-state index is 12.3. The monoisotopic (exact) mass is 286 g/mol. The van der Waals surface area contributed by atoms with Crippen molar-refractivity contribution in [2.24, 2.45) is 10.7 Å². The van der Waals surface area contributed by atoms with Crippen molar-refractivity contribution < 1.29 is 23.0 Å². The van der Waals surface area contributed by atoms with E-state index < -0.39 is 30.2 Å². The first-order valence-corrected chi connectivity index (χ1v) is 6.55. The molecule has 1 aliphatic heterocycles. The van der Waals surface area contributed by atoms with Crippen molar-refractivity contribution in [1.29, 1.82) is 0 Å². The number of aliphatic hydroxyl groups excluding tert-OH is 1. The molecule has 0 aromatic carbocycles. The summed E-state index contributed by atoms with van der Waals surface area (Å²) in [6, 6.07) is 0. The summed E-state index contributed by atoms with van der Waals surface area (Å²) in [5.41, 5.74) is 4.99. The van der Waals surface area contributed by atoms with Crippen LogP contribution in [0.2, 0.25) is 0 Å². The molecular formula is C10H17F3N2O2S. The third kappa shape index (κ3) is 5.92. The molecule has 0 spiro atoms. The van der Waals surface area contributed by atoms with Crippen LogP contribution in [0.3, 0.4) is 0 Å². The molecule has 0 aromatic heterocycles. The number of thioether (sulfide) groups is 1. The van der Waals surface area contributed by atoms with Crippen LogP contribution in [0.25, 0.3) is 0 Å². The minimum Gasteiger partial charge on any atom is -0.393 e. The highest BCUT2D eigenvalue weighted by Gasteiger charge is 2.38. The van der Waals surface area contributed by atoms with Crippen molar-refractivity contribution in [2.75, 3.05) is 6.54 Å². The van der Waals surface area contributed by atoms with Crippen LogP contribution in [-0.2, 0) is 4.74 Å². The molecule has 4 nitrogen and oxygen atoms in total. The normalized spacial score (nSPS) is 30.5. The highest BCUT2D eigenvalue weighted by molar-refractivity contribution is 8.14. The Morgan fingerprint density at radius 1 is 1.50 bits per heavy atom. The molecule has 0 aliphatic carbocycles. The fraction of sp³-hybridized carbons (Fsp3) is 0.900. The van der Waals surface area contributed by atoms with Gasteiger partial charge in [0.25, 0.3) is 0 Å². The molecule has 1 fully saturated rings. The van der Waals surface area contributed by atoms with Crippen LogP contribution in [-0.4, -0.2) is 40.6 Å². The third-order valence-corrected chi connectivity index (χ3v) is 3.31. The second-order valence-corrected chi connectivity index (χ2v) is 5.24. The molecule has 3 N–H and O–H groups in total. The third-order valence-electron chi connectivity index (χ3n) is 2.37. The number of rotatable bonds is 3. The van der Waals surface area contributed by atoms with Gasteiger partial charge >= 0.3 is 6.18 Å². The van der Waals surface area contributed by atoms with Crippen molar-refractivity contribution in [2.45, 2.75) is 50.0 Å². The molecule has 8 heteroatoms. The Balaban J connectivity index is 2.53. The fourth-order valence-corrected chi connectivity index (χ4v) is 2.74. The van der Waals surface area contributed by atoms with E-state index in [0.717, 1.165) is 11.8 Å². The molecule has 18 heavy (non-hydrogen) atoms. The van der Waals surface area contributed by atoms with Crippen LogP contribution in [0.4, 0.5) is 13.2 Å². The SMILES string of the molecule is CCN=C(N)SC1CC(O)CC(CC(F)(F)F)O1. The van der Waals surface area contributed by atoms with Crippen molar-refractivity contribution >= 4 is 16.9 Å². The molecule has 3 atom stereocenters. The average molecular weight is 286 g/mol. The van der Waals surface area contributed by atoms with Gasteiger partial charge in [-0.25, -0.2) is 0 Å². The average Bonchev–Trinajstić information content (AvgIpc) is 2.13. The summed E-state index contributed by atoms with van der Waals surface area (Å²) in [5.74, 6) is 0. The summed E-state index contributed by atoms with van der Waals surface area (Å²) in [7, 11) is 0. The van der Waals surface area contributed by atoms with Crippen LogP contribution in [0, 0.1) is 0 Å². The number of nitrogens with two attached hydrogens (primary N) is 1. The molecule has 0 bridgehead atoms. The molecule has 0 aromatic rings. The predicted molar refractivity (Wildman–Crippen MR) is 64.3 cm³/mol. The lowest BCUT2D eigenvalue weighted by atomic mass is 10.0. The topological polar surface area (TPSA) is 67.8 Å². The predicted octanol–water partition coefficient (Wildman–Crippen LogP) is 1.87. The van der Waals surface area contributed by atoms with Gasteiger partial charge in [-0.1, -0.05) is 11.8 Å². The Morgan fingerprint density at radius 3 is 2.72 bits per heavy atom. The van der Waals surface area contributed by atoms with Crippen LogP contribution in [0.1, 0.15) is 26.2 Å². The molecular weight excluding hydrogens is 269 g/mol. The molecule has 3 unspecified atom stereocenters. The fourth-order valence-electron chi connectivity index (χ4n) is 1.74. The van der Waals surface area contributed by atoms with Crippen molar-refractivity contribution in [3.63, 3.8) is 0 Å². The largest absolute Gasteiger partial charge is 0.393 e. The number of ether oxygens (including phenoxy) is 1. The maximum Gasteiger partial charge on any atom is 0.391 e. The number of amidine groups is 1. The lowest BCUT2D eigenvalue weighted by Crippen LogP contribution is -2.37. The van der Waals surface area contributed by atoms with E-state index in [-0.39, 0.29) is 18.0 Å². The van der Waals surface area contributed by atoms with Gasteiger partial charge in [0.1, 0.15) is 5.44 Å². The maximum absolute atomic E-state index is 12.3. The Hall–Kier alpha value is -0.470. The number of nitrogens with zero attached hydrogens (tertiary/aromatic N) is 1. The van der Waals surface area contributed by atoms with E-state index in [1.54, 1.807) is 6.92 Å². The Labute approximate surface area is 108 Å². The number of halogens is 3. The van der Waals surface area contributed by atoms with Gasteiger partial charge in [0.05, 0.1) is 18.6 Å². The van der Waals surface area contributed by atoms with Crippen molar-refractivity contribution in [1.82, 2.24) is 0 Å². The smallest absolute Gasteiger partial charge is 0.391 e. The highest BCUT2D eigenvalue weighted by atomic mass is 32.2. The number of aliphatic imine (C=N–C) groups is 1. The number of aliphatic hydroxyl groups is 1. The first-order valence-electron chi connectivity index (χ1n) is 5.67. The van der Waals surface area contributed by atoms with Crippen LogP contribution >= 0.6 is 11.8 Å². The van der Waals surface area contributed by atoms with Gasteiger partial charge in [0, 0.05) is 19.4 Å². The summed E-state index contributed by atoms with van der Waals surface area (Å²) in [6.07, 6.45) is -6.88. The molecule has 0 saturated carbocycles. The van der Waals surface area contributed by atoms with Gasteiger partial charge in [-0.2, -0.15) is 13.2 Å². The second kappa shape index (κ2) is 6.63. The van der Waals surface area contributed by atoms with Crippen LogP contribution < -0.4 is 5.73 Å². The van der Waals surface area contributed by atoms with E-state index in [2.05, 4.69) is 4.99 Å². The lowest BCUT2D eigenvalue weighted by molar-refractivity contribution is -0.175. The molecule has 106 valence electrons. The Bertz CT molecular complexity index is 299. The number of hydrogen-bond acceptors (Lipinski definition) is 4. The van der Waals surface area contributed by atoms with Gasteiger partial charge in [-0.3, -0.25) is 4.99 Å². The zero-order valence-electron chi connectivity index (χ0n) is 9.98. The lowest BCUT2D eigenvalue weighted by Gasteiger charge is -2.32. The van der Waals surface area contributed by atoms with Gasteiger partial charge in [0.15, 0.2) is 5.17 Å². The standard InChI is InChI=1S/C10H17F3N2O2S/c1-2-15-9(14)18-8-4-6(16)3-7(17-8)5-10(11,12)13/h6-8,16H,2-5H2,1H3,(H2,14,15). The van der Waals surface area contributed by atoms with E-state index in [4.69, 9.17) is 10.5 Å². The zero-order valence-corrected chi connectivity index (χ0v) is 10.8. The summed E-state index contributed by atoms with van der Waals surface area (Å²) in [6.45, 7) is 2.30. The zero-order chi connectivity index (χ0) is 13.8. The summed E-state index contributed by atoms with van der Waals surface area (Å²) >= 11 is 1.06. The minimum absolute atomic E-state index is 0.00138. The van der Waals surface area contributed by atoms with E-state index >= 15 is 0 Å². The highest BCUT2D eigenvalue weighted by Crippen LogP contribution is 2.33. The van der Waals surface area contributed by atoms with Gasteiger partial charge in [-0.15, -0.1) is 0 Å². The molecule has 0 amide bonds. The minimum atomic E-state index is -4.29. The molecule has 0 radical (unpaired) electrons. The summed E-state index contributed by atoms with van der Waals surface area (Å²) in [5, 5.41) is 9.81. The molecule has 1 heterocycles. The van der Waals surface area contributed by atoms with Gasteiger partial charge < -0.3 is 15.6 Å². The first kappa shape index (κ1) is 15.6. The molecule has 1 aliphatic rings. The second-order valence-electron chi connectivity index (χ2n) is 4.06. The van der Waals surface area contributed by atoms with Crippen molar-refractivity contribution in [3.05, 3.63) is 0 Å². The summed E-state index contributed by atoms with van der Waals surface area (Å²) in [4.78, 5) is 3.92. The van der Waals surface area contributed by atoms with Crippen molar-refractivity contribution in [3.8, 4) is 0 Å². The van der Waals surface area contributed by atoms with E-state index in [1.165, 1.54) is 0 Å². The Kier molecular flexibility index (Phi) is 5.74. The summed E-state index contributed by atoms with van der Waals surface area (Å²) < 4.78 is 42.1. The first-order chi connectivity index (χ1) is 8.30. The van der Waals surface area contributed by atoms with E-state index in [9.17, 15) is 18.3 Å².